The Balaban J connectivity index is 1.60. The molecule has 3 aromatic rings. The maximum atomic E-state index is 5.52. The molecule has 1 aromatic carbocycles. The molecule has 0 aliphatic carbocycles. The second-order valence-electron chi connectivity index (χ2n) is 6.76. The second kappa shape index (κ2) is 7.81. The van der Waals surface area contributed by atoms with Crippen molar-refractivity contribution in [2.45, 2.75) is 19.9 Å². The molecule has 0 amide bonds. The molecule has 0 spiro atoms. The highest BCUT2D eigenvalue weighted by molar-refractivity contribution is 5.62. The minimum absolute atomic E-state index is 0.525. The molecule has 0 saturated carbocycles. The molecule has 0 atom stereocenters. The number of aryl methyl sites for hydroxylation is 1. The Bertz CT molecular complexity index is 966. The average molecular weight is 380 g/mol. The van der Waals surface area contributed by atoms with Crippen LogP contribution in [0.4, 0.5) is 17.5 Å². The summed E-state index contributed by atoms with van der Waals surface area (Å²) in [6.45, 7) is 5.01. The fourth-order valence-corrected chi connectivity index (χ4v) is 3.09. The zero-order valence-electron chi connectivity index (χ0n) is 16.3. The number of benzene rings is 1. The smallest absolute Gasteiger partial charge is 0.229 e. The van der Waals surface area contributed by atoms with E-state index in [-0.39, 0.29) is 0 Å². The van der Waals surface area contributed by atoms with Gasteiger partial charge in [-0.1, -0.05) is 5.21 Å². The first-order valence-corrected chi connectivity index (χ1v) is 9.27. The van der Waals surface area contributed by atoms with Gasteiger partial charge in [0.1, 0.15) is 17.3 Å². The quantitative estimate of drug-likeness (QED) is 0.645. The topological polar surface area (TPSA) is 93.0 Å². The summed E-state index contributed by atoms with van der Waals surface area (Å²) in [7, 11) is 3.48. The largest absolute Gasteiger partial charge is 0.494 e. The van der Waals surface area contributed by atoms with Gasteiger partial charge in [-0.3, -0.25) is 4.90 Å². The highest BCUT2D eigenvalue weighted by Crippen LogP contribution is 2.27. The molecular weight excluding hydrogens is 356 g/mol. The lowest BCUT2D eigenvalue weighted by Gasteiger charge is -2.29. The number of hydrogen-bond donors (Lipinski definition) is 2. The molecule has 0 radical (unpaired) electrons. The van der Waals surface area contributed by atoms with Crippen molar-refractivity contribution in [2.75, 3.05) is 37.9 Å². The monoisotopic (exact) mass is 380 g/mol. The van der Waals surface area contributed by atoms with Crippen molar-refractivity contribution in [3.05, 3.63) is 41.9 Å². The summed E-state index contributed by atoms with van der Waals surface area (Å²) in [4.78, 5) is 11.2. The van der Waals surface area contributed by atoms with Gasteiger partial charge in [0.15, 0.2) is 0 Å². The van der Waals surface area contributed by atoms with Crippen molar-refractivity contribution in [3.8, 4) is 11.4 Å². The van der Waals surface area contributed by atoms with Crippen LogP contribution in [0.1, 0.15) is 17.8 Å². The number of nitrogens with one attached hydrogen (secondary N) is 2. The van der Waals surface area contributed by atoms with Gasteiger partial charge in [-0.15, -0.1) is 5.10 Å². The third-order valence-corrected chi connectivity index (χ3v) is 4.67. The van der Waals surface area contributed by atoms with Crippen LogP contribution in [0.2, 0.25) is 0 Å². The van der Waals surface area contributed by atoms with Crippen LogP contribution < -0.4 is 15.4 Å². The average Bonchev–Trinajstić information content (AvgIpc) is 3.13. The Morgan fingerprint density at radius 1 is 1.18 bits per heavy atom. The SMILES string of the molecule is CNc1cc(C)nc(Nc2ccc(OC)c(-n3cc(CN4CCC4)nn3)c2)n1. The van der Waals surface area contributed by atoms with E-state index in [4.69, 9.17) is 4.74 Å². The Morgan fingerprint density at radius 3 is 2.75 bits per heavy atom. The van der Waals surface area contributed by atoms with Crippen LogP contribution in [0.5, 0.6) is 5.75 Å². The van der Waals surface area contributed by atoms with Crippen molar-refractivity contribution in [3.63, 3.8) is 0 Å². The van der Waals surface area contributed by atoms with Crippen LogP contribution in [0.3, 0.4) is 0 Å². The van der Waals surface area contributed by atoms with Crippen molar-refractivity contribution in [2.24, 2.45) is 0 Å². The molecule has 146 valence electrons. The van der Waals surface area contributed by atoms with Gasteiger partial charge >= 0.3 is 0 Å². The predicted octanol–water partition coefficient (Wildman–Crippen LogP) is 2.37. The molecule has 9 nitrogen and oxygen atoms in total. The lowest BCUT2D eigenvalue weighted by atomic mass is 10.2. The molecule has 0 unspecified atom stereocenters. The summed E-state index contributed by atoms with van der Waals surface area (Å²) in [5.41, 5.74) is 3.46. The van der Waals surface area contributed by atoms with Crippen LogP contribution in [-0.2, 0) is 6.54 Å². The number of rotatable bonds is 7. The van der Waals surface area contributed by atoms with Gasteiger partial charge in [0.05, 0.1) is 19.0 Å². The first-order chi connectivity index (χ1) is 13.6. The minimum atomic E-state index is 0.525. The van der Waals surface area contributed by atoms with Crippen molar-refractivity contribution in [1.82, 2.24) is 29.9 Å². The Hall–Kier alpha value is -3.20. The summed E-state index contributed by atoms with van der Waals surface area (Å²) in [6.07, 6.45) is 3.20. The molecular formula is C19H24N8O. The van der Waals surface area contributed by atoms with E-state index in [1.165, 1.54) is 6.42 Å². The molecule has 1 fully saturated rings. The summed E-state index contributed by atoms with van der Waals surface area (Å²) in [5.74, 6) is 2.00. The van der Waals surface area contributed by atoms with Crippen LogP contribution in [0.25, 0.3) is 5.69 Å². The standard InChI is InChI=1S/C19H24N8O/c1-13-9-18(20-2)23-19(21-13)22-14-5-6-17(28-3)16(10-14)27-12-15(24-25-27)11-26-7-4-8-26/h5-6,9-10,12H,4,7-8,11H2,1-3H3,(H2,20,21,22,23). The van der Waals surface area contributed by atoms with Gasteiger partial charge in [-0.05, 0) is 44.6 Å². The zero-order valence-corrected chi connectivity index (χ0v) is 16.3. The van der Waals surface area contributed by atoms with Crippen LogP contribution >= 0.6 is 0 Å². The number of hydrogen-bond acceptors (Lipinski definition) is 8. The zero-order chi connectivity index (χ0) is 19.5. The number of nitrogens with zero attached hydrogens (tertiary/aromatic N) is 6. The van der Waals surface area contributed by atoms with Crippen molar-refractivity contribution < 1.29 is 4.74 Å². The molecule has 1 saturated heterocycles. The Kier molecular flexibility index (Phi) is 5.07. The molecule has 4 rings (SSSR count). The summed E-state index contributed by atoms with van der Waals surface area (Å²) >= 11 is 0. The number of methoxy groups -OCH3 is 1. The van der Waals surface area contributed by atoms with E-state index in [0.29, 0.717) is 11.7 Å². The molecule has 2 aromatic heterocycles. The molecule has 1 aliphatic heterocycles. The third-order valence-electron chi connectivity index (χ3n) is 4.67. The Labute approximate surface area is 163 Å². The van der Waals surface area contributed by atoms with E-state index < -0.39 is 0 Å². The van der Waals surface area contributed by atoms with Crippen LogP contribution in [0, 0.1) is 6.92 Å². The molecule has 0 bridgehead atoms. The summed E-state index contributed by atoms with van der Waals surface area (Å²) < 4.78 is 7.26. The van der Waals surface area contributed by atoms with E-state index in [1.807, 2.05) is 44.4 Å². The first-order valence-electron chi connectivity index (χ1n) is 9.27. The molecule has 1 aliphatic rings. The maximum absolute atomic E-state index is 5.52. The highest BCUT2D eigenvalue weighted by Gasteiger charge is 2.17. The van der Waals surface area contributed by atoms with Gasteiger partial charge in [-0.25, -0.2) is 9.67 Å². The summed E-state index contributed by atoms with van der Waals surface area (Å²) in [6, 6.07) is 7.65. The van der Waals surface area contributed by atoms with E-state index in [9.17, 15) is 0 Å². The van der Waals surface area contributed by atoms with Crippen molar-refractivity contribution in [1.29, 1.82) is 0 Å². The van der Waals surface area contributed by atoms with E-state index in [2.05, 4.69) is 35.8 Å². The lowest BCUT2D eigenvalue weighted by Crippen LogP contribution is -2.36. The van der Waals surface area contributed by atoms with E-state index in [1.54, 1.807) is 11.8 Å². The van der Waals surface area contributed by atoms with E-state index in [0.717, 1.165) is 48.2 Å². The highest BCUT2D eigenvalue weighted by atomic mass is 16.5. The lowest BCUT2D eigenvalue weighted by molar-refractivity contribution is 0.170. The number of likely N-dealkylation sites (tertiary alicyclic amines) is 1. The minimum Gasteiger partial charge on any atom is -0.494 e. The summed E-state index contributed by atoms with van der Waals surface area (Å²) in [5, 5.41) is 14.9. The maximum Gasteiger partial charge on any atom is 0.229 e. The van der Waals surface area contributed by atoms with Crippen LogP contribution in [0.15, 0.2) is 30.5 Å². The fourth-order valence-electron chi connectivity index (χ4n) is 3.09. The number of aromatic nitrogens is 5. The molecule has 28 heavy (non-hydrogen) atoms. The van der Waals surface area contributed by atoms with Gasteiger partial charge in [-0.2, -0.15) is 4.98 Å². The van der Waals surface area contributed by atoms with Gasteiger partial charge < -0.3 is 15.4 Å². The van der Waals surface area contributed by atoms with Gasteiger partial charge in [0.25, 0.3) is 0 Å². The third kappa shape index (κ3) is 3.89. The first kappa shape index (κ1) is 18.2. The van der Waals surface area contributed by atoms with Gasteiger partial charge in [0.2, 0.25) is 5.95 Å². The number of anilines is 3. The van der Waals surface area contributed by atoms with Gasteiger partial charge in [0, 0.05) is 31.0 Å². The van der Waals surface area contributed by atoms with E-state index >= 15 is 0 Å². The fraction of sp³-hybridized carbons (Fsp3) is 0.368. The molecule has 2 N–H and O–H groups in total. The second-order valence-corrected chi connectivity index (χ2v) is 6.76. The number of ether oxygens (including phenoxy) is 1. The van der Waals surface area contributed by atoms with Crippen LogP contribution in [-0.4, -0.2) is 57.1 Å². The molecule has 3 heterocycles. The Morgan fingerprint density at radius 2 is 2.04 bits per heavy atom. The van der Waals surface area contributed by atoms with Crippen molar-refractivity contribution >= 4 is 17.5 Å². The molecule has 9 heteroatoms. The normalized spacial score (nSPS) is 13.8. The predicted molar refractivity (Wildman–Crippen MR) is 107 cm³/mol.